The first-order valence-electron chi connectivity index (χ1n) is 8.45. The largest absolute Gasteiger partial charge is 0.387 e. The van der Waals surface area contributed by atoms with Crippen LogP contribution in [0.1, 0.15) is 13.8 Å². The minimum atomic E-state index is -0.871. The molecule has 1 heterocycles. The van der Waals surface area contributed by atoms with Crippen LogP contribution in [-0.4, -0.2) is 102 Å². The predicted molar refractivity (Wildman–Crippen MR) is 93.0 cm³/mol. The monoisotopic (exact) mass is 365 g/mol. The van der Waals surface area contributed by atoms with Gasteiger partial charge in [-0.05, 0) is 13.8 Å². The van der Waals surface area contributed by atoms with Crippen LogP contribution in [0.4, 0.5) is 0 Å². The van der Waals surface area contributed by atoms with E-state index in [0.717, 1.165) is 32.7 Å². The maximum absolute atomic E-state index is 12.0. The predicted octanol–water partition coefficient (Wildman–Crippen LogP) is -1.18. The number of hydrogen-bond acceptors (Lipinski definition) is 6. The number of piperazine rings is 1. The second-order valence-corrected chi connectivity index (χ2v) is 7.84. The van der Waals surface area contributed by atoms with Crippen molar-refractivity contribution in [1.82, 2.24) is 14.5 Å². The lowest BCUT2D eigenvalue weighted by atomic mass is 10.3. The van der Waals surface area contributed by atoms with Gasteiger partial charge in [0, 0.05) is 44.5 Å². The molecule has 9 heteroatoms. The Hall–Kier alpha value is -0.580. The Balaban J connectivity index is 1.92. The summed E-state index contributed by atoms with van der Waals surface area (Å²) in [5.74, 6) is -0.396. The second kappa shape index (κ2) is 12.7. The van der Waals surface area contributed by atoms with E-state index >= 15 is 0 Å². The minimum Gasteiger partial charge on any atom is -0.387 e. The molecule has 0 radical (unpaired) electrons. The van der Waals surface area contributed by atoms with Gasteiger partial charge in [0.25, 0.3) is 0 Å². The van der Waals surface area contributed by atoms with Crippen LogP contribution in [-0.2, 0) is 25.3 Å². The lowest BCUT2D eigenvalue weighted by Crippen LogP contribution is -2.48. The minimum absolute atomic E-state index is 0.178. The third-order valence-corrected chi connectivity index (χ3v) is 5.31. The number of carbonyl (C=O) groups is 1. The summed E-state index contributed by atoms with van der Waals surface area (Å²) in [4.78, 5) is 13.1. The molecule has 0 aliphatic carbocycles. The van der Waals surface area contributed by atoms with Crippen LogP contribution < -0.4 is 5.32 Å². The third kappa shape index (κ3) is 9.05. The first-order chi connectivity index (χ1) is 11.5. The van der Waals surface area contributed by atoms with Crippen LogP contribution in [0.2, 0.25) is 0 Å². The normalized spacial score (nSPS) is 18.0. The molecule has 0 aromatic heterocycles. The molecule has 0 aromatic carbocycles. The van der Waals surface area contributed by atoms with Gasteiger partial charge in [-0.25, -0.2) is 8.51 Å². The van der Waals surface area contributed by atoms with Gasteiger partial charge in [0.05, 0.1) is 37.4 Å². The highest BCUT2D eigenvalue weighted by atomic mass is 32.2. The van der Waals surface area contributed by atoms with Crippen molar-refractivity contribution in [3.05, 3.63) is 0 Å². The van der Waals surface area contributed by atoms with E-state index in [0.29, 0.717) is 33.0 Å². The fourth-order valence-corrected chi connectivity index (χ4v) is 3.38. The Morgan fingerprint density at radius 1 is 1.12 bits per heavy atom. The molecule has 0 aromatic rings. The highest BCUT2D eigenvalue weighted by Crippen LogP contribution is 2.08. The van der Waals surface area contributed by atoms with Gasteiger partial charge in [0.2, 0.25) is 5.91 Å². The van der Waals surface area contributed by atoms with Crippen molar-refractivity contribution < 1.29 is 23.6 Å². The average molecular weight is 365 g/mol. The van der Waals surface area contributed by atoms with E-state index in [1.165, 1.54) is 0 Å². The third-order valence-electron chi connectivity index (χ3n) is 3.63. The quantitative estimate of drug-likeness (QED) is 0.423. The number of rotatable bonds is 12. The summed E-state index contributed by atoms with van der Waals surface area (Å²) >= 11 is 0. The lowest BCUT2D eigenvalue weighted by molar-refractivity contribution is -0.124. The molecule has 1 aliphatic heterocycles. The zero-order valence-electron chi connectivity index (χ0n) is 14.7. The molecule has 1 unspecified atom stereocenters. The molecule has 1 atom stereocenters. The van der Waals surface area contributed by atoms with Gasteiger partial charge in [-0.2, -0.15) is 0 Å². The number of ether oxygens (including phenoxy) is 2. The van der Waals surface area contributed by atoms with Gasteiger partial charge in [-0.1, -0.05) is 0 Å². The first kappa shape index (κ1) is 21.5. The van der Waals surface area contributed by atoms with Crippen LogP contribution in [0, 0.1) is 0 Å². The lowest BCUT2D eigenvalue weighted by Gasteiger charge is -2.34. The zero-order valence-corrected chi connectivity index (χ0v) is 15.6. The summed E-state index contributed by atoms with van der Waals surface area (Å²) in [5, 5.41) is 11.2. The van der Waals surface area contributed by atoms with E-state index < -0.39 is 23.5 Å². The van der Waals surface area contributed by atoms with Crippen molar-refractivity contribution in [3.8, 4) is 0 Å². The van der Waals surface area contributed by atoms with Crippen molar-refractivity contribution in [2.24, 2.45) is 0 Å². The molecule has 1 rings (SSSR count). The fraction of sp³-hybridized carbons (Fsp3) is 0.933. The summed E-state index contributed by atoms with van der Waals surface area (Å²) in [6, 6.07) is 0. The molecule has 1 saturated heterocycles. The Bertz CT molecular complexity index is 376. The van der Waals surface area contributed by atoms with Crippen LogP contribution in [0.5, 0.6) is 0 Å². The summed E-state index contributed by atoms with van der Waals surface area (Å²) in [6.45, 7) is 10.3. The highest BCUT2D eigenvalue weighted by molar-refractivity contribution is 7.83. The van der Waals surface area contributed by atoms with E-state index in [2.05, 4.69) is 10.2 Å². The topological polar surface area (TPSA) is 91.3 Å². The molecule has 0 spiro atoms. The number of nitrogens with zero attached hydrogens (tertiary/aromatic N) is 2. The molecular weight excluding hydrogens is 334 g/mol. The van der Waals surface area contributed by atoms with Crippen LogP contribution in [0.25, 0.3) is 0 Å². The molecule has 8 nitrogen and oxygen atoms in total. The van der Waals surface area contributed by atoms with Gasteiger partial charge >= 0.3 is 0 Å². The van der Waals surface area contributed by atoms with Gasteiger partial charge in [0.15, 0.2) is 0 Å². The smallest absolute Gasteiger partial charge is 0.245 e. The standard InChI is InChI=1S/C15H31N3O5S/c1-14(2)24(21)18-6-4-17(5-7-18)8-10-23-12-11-22-9-3-16-15(20)13-19/h14,19H,3-13H2,1-2H3,(H,16,20). The van der Waals surface area contributed by atoms with E-state index in [1.54, 1.807) is 0 Å². The molecule has 1 fully saturated rings. The highest BCUT2D eigenvalue weighted by Gasteiger charge is 2.22. The Labute approximate surface area is 147 Å². The van der Waals surface area contributed by atoms with Crippen LogP contribution in [0.3, 0.4) is 0 Å². The summed E-state index contributed by atoms with van der Waals surface area (Å²) in [6.07, 6.45) is 0. The van der Waals surface area contributed by atoms with E-state index in [9.17, 15) is 9.00 Å². The second-order valence-electron chi connectivity index (χ2n) is 5.83. The molecule has 1 aliphatic rings. The fourth-order valence-electron chi connectivity index (χ4n) is 2.27. The number of hydrogen-bond donors (Lipinski definition) is 2. The van der Waals surface area contributed by atoms with E-state index in [1.807, 2.05) is 18.2 Å². The molecule has 1 amide bonds. The van der Waals surface area contributed by atoms with Gasteiger partial charge in [0.1, 0.15) is 6.61 Å². The van der Waals surface area contributed by atoms with Crippen molar-refractivity contribution in [3.63, 3.8) is 0 Å². The van der Waals surface area contributed by atoms with Crippen molar-refractivity contribution in [1.29, 1.82) is 0 Å². The number of carbonyl (C=O) groups excluding carboxylic acids is 1. The summed E-state index contributed by atoms with van der Waals surface area (Å²) < 4.78 is 24.9. The van der Waals surface area contributed by atoms with Gasteiger partial charge < -0.3 is 19.9 Å². The molecule has 0 saturated carbocycles. The number of aliphatic hydroxyl groups is 1. The van der Waals surface area contributed by atoms with Crippen LogP contribution >= 0.6 is 0 Å². The van der Waals surface area contributed by atoms with Gasteiger partial charge in [-0.3, -0.25) is 9.69 Å². The van der Waals surface area contributed by atoms with Gasteiger partial charge in [-0.15, -0.1) is 0 Å². The molecule has 2 N–H and O–H groups in total. The van der Waals surface area contributed by atoms with Crippen molar-refractivity contribution in [2.75, 3.05) is 72.3 Å². The molecule has 142 valence electrons. The summed E-state index contributed by atoms with van der Waals surface area (Å²) in [7, 11) is -0.871. The number of nitrogens with one attached hydrogen (secondary N) is 1. The Morgan fingerprint density at radius 3 is 2.33 bits per heavy atom. The first-order valence-corrected chi connectivity index (χ1v) is 9.62. The van der Waals surface area contributed by atoms with Crippen molar-refractivity contribution in [2.45, 2.75) is 19.1 Å². The van der Waals surface area contributed by atoms with Crippen LogP contribution in [0.15, 0.2) is 0 Å². The summed E-state index contributed by atoms with van der Waals surface area (Å²) in [5.41, 5.74) is 0. The number of amides is 1. The Morgan fingerprint density at radius 2 is 1.75 bits per heavy atom. The SMILES string of the molecule is CC(C)S(=O)N1CCN(CCOCCOCCNC(=O)CO)CC1. The Kier molecular flexibility index (Phi) is 11.4. The van der Waals surface area contributed by atoms with E-state index in [4.69, 9.17) is 14.6 Å². The zero-order chi connectivity index (χ0) is 17.8. The van der Waals surface area contributed by atoms with Crippen molar-refractivity contribution >= 4 is 16.9 Å². The number of aliphatic hydroxyl groups excluding tert-OH is 1. The molecule has 24 heavy (non-hydrogen) atoms. The molecule has 0 bridgehead atoms. The molecular formula is C15H31N3O5S. The maximum Gasteiger partial charge on any atom is 0.245 e. The maximum atomic E-state index is 12.0. The van der Waals surface area contributed by atoms with E-state index in [-0.39, 0.29) is 5.25 Å². The average Bonchev–Trinajstić information content (AvgIpc) is 2.59.